The fourth-order valence-corrected chi connectivity index (χ4v) is 2.88. The Balaban J connectivity index is 1.46. The highest BCUT2D eigenvalue weighted by Gasteiger charge is 2.05. The third-order valence-corrected chi connectivity index (χ3v) is 4.30. The second-order valence-corrected chi connectivity index (χ2v) is 6.44. The first kappa shape index (κ1) is 20.2. The minimum atomic E-state index is -0.138. The molecule has 0 unspecified atom stereocenters. The Morgan fingerprint density at radius 3 is 2.90 bits per heavy atom. The van der Waals surface area contributed by atoms with Crippen LogP contribution < -0.4 is 14.8 Å². The molecule has 0 aliphatic heterocycles. The average Bonchev–Trinajstić information content (AvgIpc) is 3.17. The van der Waals surface area contributed by atoms with E-state index in [2.05, 4.69) is 21.9 Å². The molecule has 2 aromatic carbocycles. The van der Waals surface area contributed by atoms with Gasteiger partial charge in [0.05, 0.1) is 18.1 Å². The van der Waals surface area contributed by atoms with E-state index in [9.17, 15) is 4.79 Å². The Labute approximate surface area is 170 Å². The van der Waals surface area contributed by atoms with E-state index >= 15 is 0 Å². The normalized spacial score (nSPS) is 10.9. The maximum atomic E-state index is 12.0. The summed E-state index contributed by atoms with van der Waals surface area (Å²) in [5.74, 6) is 2.04. The highest BCUT2D eigenvalue weighted by molar-refractivity contribution is 5.91. The lowest BCUT2D eigenvalue weighted by Crippen LogP contribution is -2.22. The zero-order chi connectivity index (χ0) is 20.5. The number of nitrogens with one attached hydrogen (secondary N) is 2. The number of H-pyrrole nitrogens is 1. The molecule has 3 rings (SSSR count). The number of imidazole rings is 1. The van der Waals surface area contributed by atoms with Crippen LogP contribution in [0.5, 0.6) is 11.5 Å². The van der Waals surface area contributed by atoms with Gasteiger partial charge >= 0.3 is 0 Å². The molecule has 0 atom stereocenters. The first-order chi connectivity index (χ1) is 14.2. The van der Waals surface area contributed by atoms with E-state index in [1.54, 1.807) is 19.3 Å². The van der Waals surface area contributed by atoms with Crippen LogP contribution in [0, 0.1) is 0 Å². The SMILES string of the molecule is C=CCOc1ccc(/C=C/C(=O)NCCCc2nc3ccccc3[nH]2)cc1OC. The van der Waals surface area contributed by atoms with Crippen LogP contribution in [0.2, 0.25) is 0 Å². The van der Waals surface area contributed by atoms with Crippen LogP contribution in [0.15, 0.2) is 61.2 Å². The molecule has 0 aliphatic rings. The molecule has 0 spiro atoms. The third kappa shape index (κ3) is 5.72. The Hall–Kier alpha value is -3.54. The van der Waals surface area contributed by atoms with E-state index in [1.165, 1.54) is 6.08 Å². The molecule has 1 amide bonds. The van der Waals surface area contributed by atoms with E-state index in [0.29, 0.717) is 24.7 Å². The van der Waals surface area contributed by atoms with Crippen LogP contribution in [0.3, 0.4) is 0 Å². The number of rotatable bonds is 10. The van der Waals surface area contributed by atoms with Gasteiger partial charge in [0, 0.05) is 19.0 Å². The van der Waals surface area contributed by atoms with Crippen molar-refractivity contribution < 1.29 is 14.3 Å². The van der Waals surface area contributed by atoms with Crippen molar-refractivity contribution in [2.24, 2.45) is 0 Å². The number of carbonyl (C=O) groups is 1. The molecular weight excluding hydrogens is 366 g/mol. The number of aromatic nitrogens is 2. The lowest BCUT2D eigenvalue weighted by atomic mass is 10.2. The summed E-state index contributed by atoms with van der Waals surface area (Å²) in [6, 6.07) is 13.4. The van der Waals surface area contributed by atoms with Gasteiger partial charge in [0.1, 0.15) is 12.4 Å². The third-order valence-electron chi connectivity index (χ3n) is 4.30. The standard InChI is InChI=1S/C23H25N3O3/c1-3-15-29-20-12-10-17(16-21(20)28-2)11-13-23(27)24-14-6-9-22-25-18-7-4-5-8-19(18)26-22/h3-5,7-8,10-13,16H,1,6,9,14-15H2,2H3,(H,24,27)(H,25,26)/b13-11+. The number of carbonyl (C=O) groups excluding carboxylic acids is 1. The molecule has 0 aliphatic carbocycles. The summed E-state index contributed by atoms with van der Waals surface area (Å²) >= 11 is 0. The van der Waals surface area contributed by atoms with Crippen molar-refractivity contribution in [2.45, 2.75) is 12.8 Å². The summed E-state index contributed by atoms with van der Waals surface area (Å²) in [5, 5.41) is 2.89. The first-order valence-electron chi connectivity index (χ1n) is 9.51. The van der Waals surface area contributed by atoms with Crippen molar-refractivity contribution >= 4 is 23.0 Å². The molecule has 1 heterocycles. The van der Waals surface area contributed by atoms with E-state index in [4.69, 9.17) is 9.47 Å². The van der Waals surface area contributed by atoms with Gasteiger partial charge in [0.15, 0.2) is 11.5 Å². The molecule has 0 fully saturated rings. The van der Waals surface area contributed by atoms with Crippen molar-refractivity contribution in [1.82, 2.24) is 15.3 Å². The lowest BCUT2D eigenvalue weighted by Gasteiger charge is -2.09. The van der Waals surface area contributed by atoms with Gasteiger partial charge in [-0.2, -0.15) is 0 Å². The van der Waals surface area contributed by atoms with Crippen LogP contribution in [-0.4, -0.2) is 36.1 Å². The van der Waals surface area contributed by atoms with Crippen LogP contribution in [0.1, 0.15) is 17.8 Å². The fourth-order valence-electron chi connectivity index (χ4n) is 2.88. The molecule has 2 N–H and O–H groups in total. The topological polar surface area (TPSA) is 76.2 Å². The Morgan fingerprint density at radius 1 is 1.24 bits per heavy atom. The van der Waals surface area contributed by atoms with Crippen molar-refractivity contribution in [3.8, 4) is 11.5 Å². The predicted molar refractivity (Wildman–Crippen MR) is 115 cm³/mol. The van der Waals surface area contributed by atoms with Gasteiger partial charge in [0.25, 0.3) is 0 Å². The molecule has 6 heteroatoms. The van der Waals surface area contributed by atoms with Gasteiger partial charge in [-0.1, -0.05) is 30.9 Å². The van der Waals surface area contributed by atoms with Gasteiger partial charge in [-0.05, 0) is 42.3 Å². The summed E-state index contributed by atoms with van der Waals surface area (Å²) in [7, 11) is 1.58. The van der Waals surface area contributed by atoms with E-state index in [-0.39, 0.29) is 5.91 Å². The maximum Gasteiger partial charge on any atom is 0.243 e. The highest BCUT2D eigenvalue weighted by Crippen LogP contribution is 2.28. The number of ether oxygens (including phenoxy) is 2. The van der Waals surface area contributed by atoms with Crippen LogP contribution >= 0.6 is 0 Å². The molecule has 0 saturated carbocycles. The molecule has 0 saturated heterocycles. The van der Waals surface area contributed by atoms with Gasteiger partial charge in [-0.3, -0.25) is 4.79 Å². The number of hydrogen-bond donors (Lipinski definition) is 2. The monoisotopic (exact) mass is 391 g/mol. The zero-order valence-corrected chi connectivity index (χ0v) is 16.5. The number of aryl methyl sites for hydroxylation is 1. The minimum absolute atomic E-state index is 0.138. The van der Waals surface area contributed by atoms with Gasteiger partial charge in [-0.15, -0.1) is 0 Å². The van der Waals surface area contributed by atoms with Crippen molar-refractivity contribution in [1.29, 1.82) is 0 Å². The number of methoxy groups -OCH3 is 1. The summed E-state index contributed by atoms with van der Waals surface area (Å²) in [6.07, 6.45) is 6.52. The predicted octanol–water partition coefficient (Wildman–Crippen LogP) is 3.90. The quantitative estimate of drug-likeness (QED) is 0.312. The van der Waals surface area contributed by atoms with E-state index < -0.39 is 0 Å². The number of benzene rings is 2. The summed E-state index contributed by atoms with van der Waals surface area (Å²) < 4.78 is 10.9. The first-order valence-corrected chi connectivity index (χ1v) is 9.51. The Morgan fingerprint density at radius 2 is 2.10 bits per heavy atom. The molecule has 150 valence electrons. The van der Waals surface area contributed by atoms with Gasteiger partial charge in [0.2, 0.25) is 5.91 Å². The fraction of sp³-hybridized carbons (Fsp3) is 0.217. The number of nitrogens with zero attached hydrogens (tertiary/aromatic N) is 1. The molecule has 0 radical (unpaired) electrons. The smallest absolute Gasteiger partial charge is 0.243 e. The number of para-hydroxylation sites is 2. The second kappa shape index (κ2) is 10.1. The Bertz CT molecular complexity index is 975. The van der Waals surface area contributed by atoms with E-state index in [1.807, 2.05) is 42.5 Å². The average molecular weight is 391 g/mol. The van der Waals surface area contributed by atoms with Crippen LogP contribution in [0.4, 0.5) is 0 Å². The highest BCUT2D eigenvalue weighted by atomic mass is 16.5. The second-order valence-electron chi connectivity index (χ2n) is 6.44. The summed E-state index contributed by atoms with van der Waals surface area (Å²) in [4.78, 5) is 19.9. The number of hydrogen-bond acceptors (Lipinski definition) is 4. The van der Waals surface area contributed by atoms with Gasteiger partial charge in [-0.25, -0.2) is 4.98 Å². The van der Waals surface area contributed by atoms with E-state index in [0.717, 1.165) is 35.3 Å². The van der Waals surface area contributed by atoms with Crippen LogP contribution in [-0.2, 0) is 11.2 Å². The summed E-state index contributed by atoms with van der Waals surface area (Å²) in [5.41, 5.74) is 2.85. The molecule has 0 bridgehead atoms. The minimum Gasteiger partial charge on any atom is -0.493 e. The summed E-state index contributed by atoms with van der Waals surface area (Å²) in [6.45, 7) is 4.61. The number of fused-ring (bicyclic) bond motifs is 1. The molecular formula is C23H25N3O3. The molecule has 1 aromatic heterocycles. The zero-order valence-electron chi connectivity index (χ0n) is 16.5. The molecule has 3 aromatic rings. The molecule has 6 nitrogen and oxygen atoms in total. The van der Waals surface area contributed by atoms with Crippen molar-refractivity contribution in [2.75, 3.05) is 20.3 Å². The van der Waals surface area contributed by atoms with Gasteiger partial charge < -0.3 is 19.8 Å². The van der Waals surface area contributed by atoms with Crippen LogP contribution in [0.25, 0.3) is 17.1 Å². The number of aromatic amines is 1. The van der Waals surface area contributed by atoms with Crippen molar-refractivity contribution in [3.63, 3.8) is 0 Å². The largest absolute Gasteiger partial charge is 0.493 e. The van der Waals surface area contributed by atoms with Crippen molar-refractivity contribution in [3.05, 3.63) is 72.6 Å². The number of amides is 1. The maximum absolute atomic E-state index is 12.0. The Kier molecular flexibility index (Phi) is 7.05. The lowest BCUT2D eigenvalue weighted by molar-refractivity contribution is -0.116. The molecule has 29 heavy (non-hydrogen) atoms.